The predicted octanol–water partition coefficient (Wildman–Crippen LogP) is 3.05. The number of hydrogen-bond donors (Lipinski definition) is 1. The van der Waals surface area contributed by atoms with Crippen molar-refractivity contribution >= 4 is 34.0 Å². The first-order valence-corrected chi connectivity index (χ1v) is 8.60. The fourth-order valence-corrected chi connectivity index (χ4v) is 4.90. The van der Waals surface area contributed by atoms with Gasteiger partial charge in [-0.15, -0.1) is 0 Å². The van der Waals surface area contributed by atoms with Gasteiger partial charge in [-0.05, 0) is 24.7 Å². The van der Waals surface area contributed by atoms with Gasteiger partial charge in [-0.25, -0.2) is 4.98 Å². The van der Waals surface area contributed by atoms with Crippen molar-refractivity contribution in [3.63, 3.8) is 0 Å². The molecule has 118 valence electrons. The number of aromatic nitrogens is 1. The summed E-state index contributed by atoms with van der Waals surface area (Å²) in [5.74, 6) is 0.134. The Morgan fingerprint density at radius 2 is 2.18 bits per heavy atom. The van der Waals surface area contributed by atoms with Crippen LogP contribution in [0.2, 0.25) is 5.15 Å². The SMILES string of the molecule is CC(C)(C)c1sc(N2CC[C@]3(C[C@@H](NC#N)C3)C2=O)nc1Cl. The third-order valence-corrected chi connectivity index (χ3v) is 6.43. The molecule has 2 aliphatic rings. The monoisotopic (exact) mass is 338 g/mol. The number of nitriles is 1. The maximum atomic E-state index is 12.8. The van der Waals surface area contributed by atoms with E-state index in [4.69, 9.17) is 16.9 Å². The molecule has 1 aliphatic carbocycles. The van der Waals surface area contributed by atoms with Crippen molar-refractivity contribution in [3.05, 3.63) is 10.0 Å². The largest absolute Gasteiger partial charge is 0.321 e. The molecule has 0 atom stereocenters. The highest BCUT2D eigenvalue weighted by molar-refractivity contribution is 7.16. The van der Waals surface area contributed by atoms with Crippen molar-refractivity contribution in [3.8, 4) is 6.19 Å². The second-order valence-electron chi connectivity index (χ2n) is 7.21. The van der Waals surface area contributed by atoms with Crippen LogP contribution < -0.4 is 10.2 Å². The molecule has 1 aromatic heterocycles. The molecular weight excluding hydrogens is 320 g/mol. The lowest BCUT2D eigenvalue weighted by atomic mass is 9.64. The summed E-state index contributed by atoms with van der Waals surface area (Å²) in [6.07, 6.45) is 4.26. The summed E-state index contributed by atoms with van der Waals surface area (Å²) in [4.78, 5) is 20.0. The Labute approximate surface area is 139 Å². The van der Waals surface area contributed by atoms with Crippen molar-refractivity contribution in [2.75, 3.05) is 11.4 Å². The number of hydrogen-bond acceptors (Lipinski definition) is 5. The molecule has 1 saturated carbocycles. The molecule has 3 rings (SSSR count). The standard InChI is InChI=1S/C15H19ClN4OS/c1-14(2,3)10-11(16)19-13(22-10)20-5-4-15(12(20)21)6-9(7-15)18-8-17/h9,18H,4-7H2,1-3H3/t9-,15-. The zero-order valence-corrected chi connectivity index (χ0v) is 14.5. The third kappa shape index (κ3) is 2.37. The van der Waals surface area contributed by atoms with E-state index in [1.165, 1.54) is 11.3 Å². The number of carbonyl (C=O) groups is 1. The van der Waals surface area contributed by atoms with Gasteiger partial charge in [0.15, 0.2) is 11.3 Å². The van der Waals surface area contributed by atoms with Gasteiger partial charge in [-0.2, -0.15) is 5.26 Å². The first-order chi connectivity index (χ1) is 10.3. The van der Waals surface area contributed by atoms with Gasteiger partial charge in [-0.3, -0.25) is 9.69 Å². The van der Waals surface area contributed by atoms with Crippen LogP contribution in [-0.2, 0) is 10.2 Å². The number of carbonyl (C=O) groups excluding carboxylic acids is 1. The van der Waals surface area contributed by atoms with Crippen LogP contribution in [-0.4, -0.2) is 23.5 Å². The van der Waals surface area contributed by atoms with E-state index in [1.54, 1.807) is 4.90 Å². The minimum absolute atomic E-state index is 0.0776. The Kier molecular flexibility index (Phi) is 3.61. The molecule has 1 spiro atoms. The molecular formula is C15H19ClN4OS. The Bertz CT molecular complexity index is 651. The number of nitrogens with one attached hydrogen (secondary N) is 1. The summed E-state index contributed by atoms with van der Waals surface area (Å²) in [5.41, 5.74) is -0.375. The van der Waals surface area contributed by atoms with Crippen LogP contribution in [0.4, 0.5) is 5.13 Å². The van der Waals surface area contributed by atoms with Crippen molar-refractivity contribution < 1.29 is 4.79 Å². The molecule has 5 nitrogen and oxygen atoms in total. The number of amides is 1. The quantitative estimate of drug-likeness (QED) is 0.664. The van der Waals surface area contributed by atoms with Gasteiger partial charge in [0.1, 0.15) is 5.15 Å². The first-order valence-electron chi connectivity index (χ1n) is 7.40. The van der Waals surface area contributed by atoms with E-state index in [0.717, 1.165) is 24.1 Å². The predicted molar refractivity (Wildman–Crippen MR) is 87.0 cm³/mol. The highest BCUT2D eigenvalue weighted by atomic mass is 35.5. The number of anilines is 1. The fraction of sp³-hybridized carbons (Fsp3) is 0.667. The minimum Gasteiger partial charge on any atom is -0.321 e. The Balaban J connectivity index is 1.78. The van der Waals surface area contributed by atoms with E-state index in [9.17, 15) is 4.79 Å². The molecule has 0 bridgehead atoms. The third-order valence-electron chi connectivity index (χ3n) is 4.54. The van der Waals surface area contributed by atoms with Gasteiger partial charge in [-0.1, -0.05) is 43.7 Å². The molecule has 1 saturated heterocycles. The second kappa shape index (κ2) is 5.10. The lowest BCUT2D eigenvalue weighted by molar-refractivity contribution is -0.130. The molecule has 2 fully saturated rings. The van der Waals surface area contributed by atoms with Gasteiger partial charge in [0, 0.05) is 12.6 Å². The molecule has 0 aromatic carbocycles. The molecule has 1 N–H and O–H groups in total. The van der Waals surface area contributed by atoms with Gasteiger partial charge < -0.3 is 5.32 Å². The zero-order chi connectivity index (χ0) is 16.1. The van der Waals surface area contributed by atoms with Crippen LogP contribution in [0.5, 0.6) is 0 Å². The fourth-order valence-electron chi connectivity index (χ4n) is 3.33. The lowest BCUT2D eigenvalue weighted by Gasteiger charge is -2.42. The van der Waals surface area contributed by atoms with E-state index in [0.29, 0.717) is 16.8 Å². The second-order valence-corrected chi connectivity index (χ2v) is 8.55. The average Bonchev–Trinajstić information content (AvgIpc) is 2.90. The van der Waals surface area contributed by atoms with Crippen molar-refractivity contribution in [1.29, 1.82) is 5.26 Å². The molecule has 2 heterocycles. The van der Waals surface area contributed by atoms with E-state index >= 15 is 0 Å². The maximum Gasteiger partial charge on any atom is 0.235 e. The highest BCUT2D eigenvalue weighted by Crippen LogP contribution is 2.51. The summed E-state index contributed by atoms with van der Waals surface area (Å²) < 4.78 is 0. The summed E-state index contributed by atoms with van der Waals surface area (Å²) in [6, 6.07) is 0.138. The summed E-state index contributed by atoms with van der Waals surface area (Å²) >= 11 is 7.76. The normalized spacial score (nSPS) is 27.9. The summed E-state index contributed by atoms with van der Waals surface area (Å²) in [6.45, 7) is 6.96. The van der Waals surface area contributed by atoms with E-state index in [1.807, 2.05) is 6.19 Å². The molecule has 1 amide bonds. The molecule has 1 aliphatic heterocycles. The van der Waals surface area contributed by atoms with Crippen LogP contribution in [0.3, 0.4) is 0 Å². The van der Waals surface area contributed by atoms with Crippen LogP contribution in [0.1, 0.15) is 44.9 Å². The van der Waals surface area contributed by atoms with Crippen LogP contribution in [0, 0.1) is 16.9 Å². The number of thiazole rings is 1. The van der Waals surface area contributed by atoms with Gasteiger partial charge in [0.2, 0.25) is 5.91 Å². The van der Waals surface area contributed by atoms with Gasteiger partial charge >= 0.3 is 0 Å². The average molecular weight is 339 g/mol. The van der Waals surface area contributed by atoms with Crippen molar-refractivity contribution in [1.82, 2.24) is 10.3 Å². The number of halogens is 1. The van der Waals surface area contributed by atoms with Crippen LogP contribution in [0.15, 0.2) is 0 Å². The molecule has 0 radical (unpaired) electrons. The molecule has 22 heavy (non-hydrogen) atoms. The zero-order valence-electron chi connectivity index (χ0n) is 12.9. The molecule has 0 unspecified atom stereocenters. The van der Waals surface area contributed by atoms with E-state index in [2.05, 4.69) is 31.1 Å². The number of nitrogens with zero attached hydrogens (tertiary/aromatic N) is 3. The van der Waals surface area contributed by atoms with Crippen LogP contribution in [0.25, 0.3) is 0 Å². The van der Waals surface area contributed by atoms with Gasteiger partial charge in [0.25, 0.3) is 0 Å². The lowest BCUT2D eigenvalue weighted by Crippen LogP contribution is -2.51. The Morgan fingerprint density at radius 3 is 2.73 bits per heavy atom. The topological polar surface area (TPSA) is 69.0 Å². The smallest absolute Gasteiger partial charge is 0.235 e. The van der Waals surface area contributed by atoms with Crippen molar-refractivity contribution in [2.24, 2.45) is 5.41 Å². The number of rotatable bonds is 2. The summed E-state index contributed by atoms with van der Waals surface area (Å²) in [5, 5.41) is 12.6. The van der Waals surface area contributed by atoms with E-state index in [-0.39, 0.29) is 22.8 Å². The van der Waals surface area contributed by atoms with Crippen molar-refractivity contribution in [2.45, 2.75) is 51.5 Å². The molecule has 7 heteroatoms. The van der Waals surface area contributed by atoms with E-state index < -0.39 is 0 Å². The maximum absolute atomic E-state index is 12.8. The Morgan fingerprint density at radius 1 is 1.50 bits per heavy atom. The minimum atomic E-state index is -0.297. The Hall–Kier alpha value is -1.32. The summed E-state index contributed by atoms with van der Waals surface area (Å²) in [7, 11) is 0. The molecule has 1 aromatic rings. The van der Waals surface area contributed by atoms with Crippen LogP contribution >= 0.6 is 22.9 Å². The van der Waals surface area contributed by atoms with Gasteiger partial charge in [0.05, 0.1) is 10.3 Å². The highest BCUT2D eigenvalue weighted by Gasteiger charge is 2.56. The first kappa shape index (κ1) is 15.6.